The molecule has 2 N–H and O–H groups in total. The van der Waals surface area contributed by atoms with E-state index < -0.39 is 11.2 Å². The second-order valence-corrected chi connectivity index (χ2v) is 7.71. The van der Waals surface area contributed by atoms with Crippen molar-refractivity contribution in [2.24, 2.45) is 0 Å². The molecule has 2 aliphatic rings. The average molecular weight is 392 g/mol. The summed E-state index contributed by atoms with van der Waals surface area (Å²) in [6.45, 7) is 1.17. The fourth-order valence-electron chi connectivity index (χ4n) is 4.27. The third-order valence-electron chi connectivity index (χ3n) is 5.95. The Balaban J connectivity index is 1.34. The zero-order chi connectivity index (χ0) is 20.0. The van der Waals surface area contributed by atoms with Crippen molar-refractivity contribution in [3.8, 4) is 5.75 Å². The highest BCUT2D eigenvalue weighted by atomic mass is 16.5. The van der Waals surface area contributed by atoms with Crippen LogP contribution in [-0.4, -0.2) is 44.4 Å². The number of carbonyl (C=O) groups excluding carboxylic acids is 1. The molecule has 4 heterocycles. The number of aryl methyl sites for hydroxylation is 1. The maximum Gasteiger partial charge on any atom is 0.327 e. The van der Waals surface area contributed by atoms with Crippen LogP contribution in [0.3, 0.4) is 0 Å². The number of hydrogen-bond donors (Lipinski definition) is 2. The van der Waals surface area contributed by atoms with Crippen molar-refractivity contribution < 1.29 is 9.53 Å². The van der Waals surface area contributed by atoms with E-state index in [2.05, 4.69) is 21.0 Å². The van der Waals surface area contributed by atoms with Crippen LogP contribution in [0.2, 0.25) is 0 Å². The molecule has 148 valence electrons. The number of piperidine rings is 1. The van der Waals surface area contributed by atoms with Crippen molar-refractivity contribution in [3.63, 3.8) is 0 Å². The van der Waals surface area contributed by atoms with E-state index in [-0.39, 0.29) is 22.5 Å². The Morgan fingerprint density at radius 3 is 2.72 bits per heavy atom. The fourth-order valence-corrected chi connectivity index (χ4v) is 4.27. The summed E-state index contributed by atoms with van der Waals surface area (Å²) in [4.78, 5) is 46.8. The maximum absolute atomic E-state index is 13.0. The molecule has 0 aliphatic carbocycles. The molecule has 0 radical (unpaired) electrons. The number of hydrogen-bond acceptors (Lipinski definition) is 5. The molecule has 0 unspecified atom stereocenters. The molecule has 0 saturated carbocycles. The Labute approximate surface area is 165 Å². The molecule has 5 rings (SSSR count). The van der Waals surface area contributed by atoms with Gasteiger partial charge in [-0.05, 0) is 30.5 Å². The zero-order valence-corrected chi connectivity index (χ0v) is 15.7. The molecule has 0 atom stereocenters. The van der Waals surface area contributed by atoms with Crippen LogP contribution in [0.4, 0.5) is 0 Å². The molecule has 8 nitrogen and oxygen atoms in total. The van der Waals surface area contributed by atoms with Crippen molar-refractivity contribution in [1.29, 1.82) is 0 Å². The first-order chi connectivity index (χ1) is 14.0. The van der Waals surface area contributed by atoms with Crippen molar-refractivity contribution >= 4 is 16.9 Å². The third-order valence-corrected chi connectivity index (χ3v) is 5.95. The first-order valence-corrected chi connectivity index (χ1v) is 9.72. The summed E-state index contributed by atoms with van der Waals surface area (Å²) >= 11 is 0. The number of nitrogens with one attached hydrogen (secondary N) is 2. The number of aromatic nitrogens is 3. The highest BCUT2D eigenvalue weighted by molar-refractivity contribution is 5.96. The Kier molecular flexibility index (Phi) is 4.01. The number of benzene rings is 1. The minimum absolute atomic E-state index is 0.169. The lowest BCUT2D eigenvalue weighted by Crippen LogP contribution is -2.51. The van der Waals surface area contributed by atoms with Gasteiger partial charge in [0.15, 0.2) is 0 Å². The molecule has 2 aliphatic heterocycles. The quantitative estimate of drug-likeness (QED) is 0.654. The van der Waals surface area contributed by atoms with Crippen LogP contribution in [0.5, 0.6) is 5.75 Å². The van der Waals surface area contributed by atoms with Gasteiger partial charge in [-0.15, -0.1) is 0 Å². The van der Waals surface area contributed by atoms with Gasteiger partial charge >= 0.3 is 5.69 Å². The fraction of sp³-hybridized carbons (Fsp3) is 0.333. The van der Waals surface area contributed by atoms with Crippen LogP contribution >= 0.6 is 0 Å². The van der Waals surface area contributed by atoms with Crippen LogP contribution < -0.4 is 16.0 Å². The maximum atomic E-state index is 13.0. The molecule has 3 aromatic rings. The van der Waals surface area contributed by atoms with Gasteiger partial charge < -0.3 is 9.64 Å². The van der Waals surface area contributed by atoms with E-state index >= 15 is 0 Å². The highest BCUT2D eigenvalue weighted by Gasteiger charge is 2.40. The van der Waals surface area contributed by atoms with Crippen LogP contribution in [0.1, 0.15) is 35.2 Å². The minimum Gasteiger partial charge on any atom is -0.487 e. The number of carbonyl (C=O) groups is 1. The monoisotopic (exact) mass is 392 g/mol. The number of para-hydroxylation sites is 1. The van der Waals surface area contributed by atoms with Gasteiger partial charge in [0.2, 0.25) is 0 Å². The molecule has 1 fully saturated rings. The van der Waals surface area contributed by atoms with Crippen molar-refractivity contribution in [2.75, 3.05) is 13.1 Å². The van der Waals surface area contributed by atoms with E-state index in [4.69, 9.17) is 4.74 Å². The topological polar surface area (TPSA) is 108 Å². The van der Waals surface area contributed by atoms with Crippen LogP contribution in [-0.2, 0) is 6.42 Å². The van der Waals surface area contributed by atoms with Crippen molar-refractivity contribution in [3.05, 3.63) is 68.5 Å². The van der Waals surface area contributed by atoms with Gasteiger partial charge in [0.25, 0.3) is 11.5 Å². The summed E-state index contributed by atoms with van der Waals surface area (Å²) in [6, 6.07) is 9.61. The van der Waals surface area contributed by atoms with E-state index in [1.807, 2.05) is 18.2 Å². The van der Waals surface area contributed by atoms with Gasteiger partial charge in [-0.1, -0.05) is 18.2 Å². The lowest BCUT2D eigenvalue weighted by atomic mass is 9.83. The van der Waals surface area contributed by atoms with Crippen molar-refractivity contribution in [2.45, 2.75) is 31.3 Å². The number of aromatic amines is 2. The Morgan fingerprint density at radius 1 is 1.10 bits per heavy atom. The minimum atomic E-state index is -0.621. The number of rotatable bonds is 1. The highest BCUT2D eigenvalue weighted by Crippen LogP contribution is 2.39. The number of amides is 1. The summed E-state index contributed by atoms with van der Waals surface area (Å²) in [5, 5.41) is 0.191. The normalized spacial score (nSPS) is 17.7. The molecule has 2 aromatic heterocycles. The van der Waals surface area contributed by atoms with E-state index in [0.717, 1.165) is 31.4 Å². The second kappa shape index (κ2) is 6.58. The first kappa shape index (κ1) is 17.7. The Morgan fingerprint density at radius 2 is 1.90 bits per heavy atom. The molecular weight excluding hydrogens is 372 g/mol. The molecule has 1 amide bonds. The summed E-state index contributed by atoms with van der Waals surface area (Å²) in [5.74, 6) is 0.779. The molecule has 29 heavy (non-hydrogen) atoms. The molecule has 1 aromatic carbocycles. The number of pyridine rings is 1. The largest absolute Gasteiger partial charge is 0.487 e. The van der Waals surface area contributed by atoms with E-state index in [0.29, 0.717) is 18.7 Å². The zero-order valence-electron chi connectivity index (χ0n) is 15.7. The van der Waals surface area contributed by atoms with Crippen LogP contribution in [0, 0.1) is 0 Å². The smallest absolute Gasteiger partial charge is 0.327 e. The summed E-state index contributed by atoms with van der Waals surface area (Å²) in [7, 11) is 0. The van der Waals surface area contributed by atoms with Crippen molar-refractivity contribution in [1.82, 2.24) is 19.9 Å². The lowest BCUT2D eigenvalue weighted by molar-refractivity contribution is -0.0106. The SMILES string of the molecule is O=C(c1cnc2[nH]c(=O)[nH]c(=O)c2c1)N1CCC2(CCc3ccccc3O2)CC1. The Bertz CT molecular complexity index is 1220. The summed E-state index contributed by atoms with van der Waals surface area (Å²) < 4.78 is 6.35. The lowest BCUT2D eigenvalue weighted by Gasteiger charge is -2.44. The summed E-state index contributed by atoms with van der Waals surface area (Å²) in [6.07, 6.45) is 4.87. The first-order valence-electron chi connectivity index (χ1n) is 9.72. The second-order valence-electron chi connectivity index (χ2n) is 7.71. The van der Waals surface area contributed by atoms with Gasteiger partial charge in [0, 0.05) is 32.1 Å². The van der Waals surface area contributed by atoms with Gasteiger partial charge in [0.05, 0.1) is 10.9 Å². The predicted octanol–water partition coefficient (Wildman–Crippen LogP) is 1.61. The van der Waals surface area contributed by atoms with Crippen LogP contribution in [0.15, 0.2) is 46.1 Å². The van der Waals surface area contributed by atoms with E-state index in [1.165, 1.54) is 17.8 Å². The number of ether oxygens (including phenoxy) is 1. The molecule has 1 saturated heterocycles. The van der Waals surface area contributed by atoms with Gasteiger partial charge in [-0.2, -0.15) is 0 Å². The van der Waals surface area contributed by atoms with Gasteiger partial charge in [0.1, 0.15) is 17.0 Å². The van der Waals surface area contributed by atoms with E-state index in [1.54, 1.807) is 4.90 Å². The van der Waals surface area contributed by atoms with Gasteiger partial charge in [-0.25, -0.2) is 9.78 Å². The summed E-state index contributed by atoms with van der Waals surface area (Å²) in [5.41, 5.74) is 0.344. The number of nitrogens with zero attached hydrogens (tertiary/aromatic N) is 2. The van der Waals surface area contributed by atoms with E-state index in [9.17, 15) is 14.4 Å². The molecule has 0 bridgehead atoms. The molecular formula is C21H20N4O4. The molecule has 8 heteroatoms. The standard InChI is InChI=1S/C21H20N4O4/c26-18-15-11-14(12-22-17(15)23-20(28)24-18)19(27)25-9-7-21(8-10-25)6-5-13-3-1-2-4-16(13)29-21/h1-4,11-12H,5-10H2,(H2,22,23,24,26,28). The Hall–Kier alpha value is -3.42. The number of likely N-dealkylation sites (tertiary alicyclic amines) is 1. The van der Waals surface area contributed by atoms with Crippen LogP contribution in [0.25, 0.3) is 11.0 Å². The average Bonchev–Trinajstić information content (AvgIpc) is 2.73. The third kappa shape index (κ3) is 3.10. The number of fused-ring (bicyclic) bond motifs is 2. The molecule has 1 spiro atoms. The van der Waals surface area contributed by atoms with Gasteiger partial charge in [-0.3, -0.25) is 19.6 Å². The number of H-pyrrole nitrogens is 2. The predicted molar refractivity (Wildman–Crippen MR) is 106 cm³/mol.